The first-order valence-corrected chi connectivity index (χ1v) is 10.3. The van der Waals surface area contributed by atoms with Crippen molar-refractivity contribution in [3.05, 3.63) is 106 Å². The summed E-state index contributed by atoms with van der Waals surface area (Å²) in [5.74, 6) is 4.66. The molecular weight excluding hydrogens is 398 g/mol. The van der Waals surface area contributed by atoms with Gasteiger partial charge in [0.05, 0.1) is 0 Å². The van der Waals surface area contributed by atoms with Crippen LogP contribution in [0.3, 0.4) is 0 Å². The van der Waals surface area contributed by atoms with Crippen LogP contribution >= 0.6 is 0 Å². The maximum absolute atomic E-state index is 8.68. The van der Waals surface area contributed by atoms with Gasteiger partial charge in [-0.3, -0.25) is 0 Å². The molecule has 0 amide bonds. The predicted molar refractivity (Wildman–Crippen MR) is 125 cm³/mol. The molecule has 0 unspecified atom stereocenters. The maximum Gasteiger partial charge on any atom is 0.149 e. The third-order valence-corrected chi connectivity index (χ3v) is 5.40. The van der Waals surface area contributed by atoms with Gasteiger partial charge in [0.15, 0.2) is 0 Å². The molecule has 0 aliphatic heterocycles. The van der Waals surface area contributed by atoms with Gasteiger partial charge in [-0.15, -0.1) is 6.42 Å². The molecule has 0 atom stereocenters. The lowest BCUT2D eigenvalue weighted by atomic mass is 9.95. The van der Waals surface area contributed by atoms with E-state index in [1.54, 1.807) is 6.07 Å². The molecule has 0 bridgehead atoms. The number of oxime groups is 1. The van der Waals surface area contributed by atoms with Crippen molar-refractivity contribution in [2.75, 3.05) is 0 Å². The molecule has 2 aromatic carbocycles. The predicted octanol–water partition coefficient (Wildman–Crippen LogP) is 5.32. The Morgan fingerprint density at radius 3 is 2.47 bits per heavy atom. The summed E-state index contributed by atoms with van der Waals surface area (Å²) in [5.41, 5.74) is 7.53. The van der Waals surface area contributed by atoms with Gasteiger partial charge in [0, 0.05) is 35.9 Å². The van der Waals surface area contributed by atoms with Crippen LogP contribution < -0.4 is 0 Å². The van der Waals surface area contributed by atoms with Gasteiger partial charge in [0.1, 0.15) is 23.6 Å². The third kappa shape index (κ3) is 4.76. The van der Waals surface area contributed by atoms with Crippen molar-refractivity contribution in [1.82, 2.24) is 9.97 Å². The Kier molecular flexibility index (Phi) is 6.14. The Labute approximate surface area is 187 Å². The van der Waals surface area contributed by atoms with Gasteiger partial charge >= 0.3 is 0 Å². The Morgan fingerprint density at radius 2 is 1.78 bits per heavy atom. The Hall–Kier alpha value is -4.17. The highest BCUT2D eigenvalue weighted by Crippen LogP contribution is 2.28. The second-order valence-corrected chi connectivity index (χ2v) is 7.69. The van der Waals surface area contributed by atoms with E-state index in [2.05, 4.69) is 42.0 Å². The van der Waals surface area contributed by atoms with Crippen molar-refractivity contribution in [2.45, 2.75) is 26.7 Å². The number of hydrogen-bond donors (Lipinski definition) is 1. The molecule has 5 nitrogen and oxygen atoms in total. The molecule has 0 saturated carbocycles. The summed E-state index contributed by atoms with van der Waals surface area (Å²) in [4.78, 5) is 9.23. The average molecular weight is 422 g/mol. The molecule has 1 N–H and O–H groups in total. The van der Waals surface area contributed by atoms with Crippen LogP contribution in [0.1, 0.15) is 45.1 Å². The summed E-state index contributed by atoms with van der Waals surface area (Å²) >= 11 is 0. The summed E-state index contributed by atoms with van der Waals surface area (Å²) in [6.45, 7) is 4.19. The van der Waals surface area contributed by atoms with E-state index in [9.17, 15) is 0 Å². The van der Waals surface area contributed by atoms with Crippen LogP contribution in [0.2, 0.25) is 0 Å². The maximum atomic E-state index is 8.68. The average Bonchev–Trinajstić information content (AvgIpc) is 3.26. The number of hydrogen-bond acceptors (Lipinski definition) is 5. The van der Waals surface area contributed by atoms with Gasteiger partial charge in [-0.2, -0.15) is 0 Å². The minimum atomic E-state index is 0.504. The van der Waals surface area contributed by atoms with Gasteiger partial charge < -0.3 is 9.62 Å². The molecule has 0 spiro atoms. The van der Waals surface area contributed by atoms with Crippen LogP contribution in [0.4, 0.5) is 0 Å². The zero-order valence-electron chi connectivity index (χ0n) is 18.0. The zero-order valence-corrected chi connectivity index (χ0v) is 18.0. The SMILES string of the molecule is C#Cc1ccc(Cc2nccc(Cc3c(C)cc(-c4ccc(/C=N/O)o4)cc3C)n2)cc1. The fourth-order valence-corrected chi connectivity index (χ4v) is 3.76. The number of benzene rings is 2. The molecule has 0 aliphatic carbocycles. The lowest BCUT2D eigenvalue weighted by Crippen LogP contribution is -2.03. The second kappa shape index (κ2) is 9.32. The van der Waals surface area contributed by atoms with Crippen LogP contribution in [0, 0.1) is 26.2 Å². The monoisotopic (exact) mass is 421 g/mol. The molecule has 0 saturated heterocycles. The van der Waals surface area contributed by atoms with Crippen LogP contribution in [0.25, 0.3) is 11.3 Å². The van der Waals surface area contributed by atoms with Gasteiger partial charge in [0.2, 0.25) is 0 Å². The quantitative estimate of drug-likeness (QED) is 0.198. The summed E-state index contributed by atoms with van der Waals surface area (Å²) in [7, 11) is 0. The first-order chi connectivity index (χ1) is 15.6. The van der Waals surface area contributed by atoms with E-state index in [1.165, 1.54) is 22.9 Å². The highest BCUT2D eigenvalue weighted by Gasteiger charge is 2.11. The Morgan fingerprint density at radius 1 is 1.03 bits per heavy atom. The van der Waals surface area contributed by atoms with Gasteiger partial charge in [-0.1, -0.05) is 23.2 Å². The number of nitrogens with zero attached hydrogens (tertiary/aromatic N) is 3. The largest absolute Gasteiger partial charge is 0.455 e. The van der Waals surface area contributed by atoms with E-state index < -0.39 is 0 Å². The molecule has 2 heterocycles. The zero-order chi connectivity index (χ0) is 22.5. The molecule has 4 rings (SSSR count). The lowest BCUT2D eigenvalue weighted by Gasteiger charge is -2.12. The van der Waals surface area contributed by atoms with E-state index in [1.807, 2.05) is 42.6 Å². The summed E-state index contributed by atoms with van der Waals surface area (Å²) in [6.07, 6.45) is 9.91. The molecule has 2 aromatic heterocycles. The fraction of sp³-hybridized carbons (Fsp3) is 0.148. The number of aromatic nitrogens is 2. The van der Waals surface area contributed by atoms with Crippen molar-refractivity contribution in [3.63, 3.8) is 0 Å². The molecule has 32 heavy (non-hydrogen) atoms. The van der Waals surface area contributed by atoms with Crippen LogP contribution in [-0.4, -0.2) is 21.4 Å². The van der Waals surface area contributed by atoms with Crippen LogP contribution in [0.5, 0.6) is 0 Å². The lowest BCUT2D eigenvalue weighted by molar-refractivity contribution is 0.321. The highest BCUT2D eigenvalue weighted by molar-refractivity contribution is 5.77. The Balaban J connectivity index is 1.54. The second-order valence-electron chi connectivity index (χ2n) is 7.69. The third-order valence-electron chi connectivity index (χ3n) is 5.40. The molecule has 158 valence electrons. The molecule has 0 fully saturated rings. The van der Waals surface area contributed by atoms with Crippen molar-refractivity contribution < 1.29 is 9.62 Å². The normalized spacial score (nSPS) is 11.0. The molecular formula is C27H23N3O2. The van der Waals surface area contributed by atoms with Crippen molar-refractivity contribution >= 4 is 6.21 Å². The summed E-state index contributed by atoms with van der Waals surface area (Å²) in [6, 6.07) is 17.7. The number of furan rings is 1. The minimum absolute atomic E-state index is 0.504. The van der Waals surface area contributed by atoms with E-state index in [4.69, 9.17) is 21.0 Å². The van der Waals surface area contributed by atoms with Gasteiger partial charge in [-0.25, -0.2) is 9.97 Å². The smallest absolute Gasteiger partial charge is 0.149 e. The van der Waals surface area contributed by atoms with E-state index in [0.717, 1.165) is 40.4 Å². The van der Waals surface area contributed by atoms with Crippen molar-refractivity contribution in [2.24, 2.45) is 5.16 Å². The van der Waals surface area contributed by atoms with Gasteiger partial charge in [-0.05, 0) is 78.6 Å². The van der Waals surface area contributed by atoms with E-state index >= 15 is 0 Å². The van der Waals surface area contributed by atoms with Crippen molar-refractivity contribution in [1.29, 1.82) is 0 Å². The molecule has 4 aromatic rings. The minimum Gasteiger partial charge on any atom is -0.455 e. The number of rotatable bonds is 6. The van der Waals surface area contributed by atoms with Crippen molar-refractivity contribution in [3.8, 4) is 23.7 Å². The molecule has 5 heteroatoms. The standard InChI is InChI=1S/C27H23N3O2/c1-4-20-5-7-21(8-6-20)15-27-28-12-11-23(30-27)16-25-18(2)13-22(14-19(25)3)26-10-9-24(32-26)17-29-31/h1,5-14,17,31H,15-16H2,2-3H3/b29-17+. The van der Waals surface area contributed by atoms with Crippen LogP contribution in [0.15, 0.2) is 70.4 Å². The fourth-order valence-electron chi connectivity index (χ4n) is 3.76. The summed E-state index contributed by atoms with van der Waals surface area (Å²) < 4.78 is 5.72. The number of aryl methyl sites for hydroxylation is 2. The van der Waals surface area contributed by atoms with Crippen LogP contribution in [-0.2, 0) is 12.8 Å². The summed E-state index contributed by atoms with van der Waals surface area (Å²) in [5, 5.41) is 11.7. The number of terminal acetylenes is 1. The van der Waals surface area contributed by atoms with E-state index in [0.29, 0.717) is 12.2 Å². The topological polar surface area (TPSA) is 71.5 Å². The molecule has 0 radical (unpaired) electrons. The highest BCUT2D eigenvalue weighted by atomic mass is 16.4. The van der Waals surface area contributed by atoms with E-state index in [-0.39, 0.29) is 0 Å². The Bertz CT molecular complexity index is 1290. The first kappa shape index (κ1) is 21.1. The van der Waals surface area contributed by atoms with Gasteiger partial charge in [0.25, 0.3) is 0 Å². The molecule has 0 aliphatic rings. The first-order valence-electron chi connectivity index (χ1n) is 10.3.